The fourth-order valence-corrected chi connectivity index (χ4v) is 5.76. The van der Waals surface area contributed by atoms with Gasteiger partial charge in [-0.05, 0) is 93.4 Å². The number of rotatable bonds is 5. The predicted molar refractivity (Wildman–Crippen MR) is 171 cm³/mol. The first-order valence-corrected chi connectivity index (χ1v) is 13.6. The molecule has 0 fully saturated rings. The fraction of sp³-hybridized carbons (Fsp3) is 0.0769. The topological polar surface area (TPSA) is 0 Å². The number of allylic oxidation sites excluding steroid dienone is 3. The summed E-state index contributed by atoms with van der Waals surface area (Å²) in [6, 6.07) is 44.3. The number of hydrogen-bond donors (Lipinski definition) is 0. The van der Waals surface area contributed by atoms with Gasteiger partial charge in [0.05, 0.1) is 0 Å². The van der Waals surface area contributed by atoms with Crippen LogP contribution < -0.4 is 0 Å². The van der Waals surface area contributed by atoms with Crippen LogP contribution in [0.5, 0.6) is 0 Å². The van der Waals surface area contributed by atoms with E-state index in [1.54, 1.807) is 0 Å². The minimum Gasteiger partial charge on any atom is -0.0874 e. The second kappa shape index (κ2) is 10.6. The Bertz CT molecular complexity index is 1880. The molecule has 0 aliphatic carbocycles. The number of benzene rings is 6. The van der Waals surface area contributed by atoms with Crippen LogP contribution in [0.15, 0.2) is 139 Å². The SMILES string of the molecule is C/C=C\C(C)=C/c1cc(-c2cccc(C)c2)c2ccccc2c1-c1cccc(-c2cccc3ccccc23)c1. The molecule has 0 heterocycles. The lowest BCUT2D eigenvalue weighted by atomic mass is 9.86. The van der Waals surface area contributed by atoms with Gasteiger partial charge in [-0.1, -0.05) is 139 Å². The molecule has 0 aliphatic rings. The Hall–Kier alpha value is -4.68. The van der Waals surface area contributed by atoms with Crippen molar-refractivity contribution in [1.82, 2.24) is 0 Å². The smallest absolute Gasteiger partial charge is 0.00321 e. The van der Waals surface area contributed by atoms with Crippen molar-refractivity contribution < 1.29 is 0 Å². The molecule has 0 aliphatic heterocycles. The van der Waals surface area contributed by atoms with E-state index < -0.39 is 0 Å². The summed E-state index contributed by atoms with van der Waals surface area (Å²) in [7, 11) is 0. The Kier molecular flexibility index (Phi) is 6.69. The van der Waals surface area contributed by atoms with Gasteiger partial charge in [-0.3, -0.25) is 0 Å². The molecular formula is C39H32. The molecule has 0 heteroatoms. The lowest BCUT2D eigenvalue weighted by Crippen LogP contribution is -1.92. The Labute approximate surface area is 231 Å². The zero-order valence-electron chi connectivity index (χ0n) is 22.8. The minimum absolute atomic E-state index is 1.23. The van der Waals surface area contributed by atoms with E-state index in [0.29, 0.717) is 0 Å². The molecule has 0 atom stereocenters. The van der Waals surface area contributed by atoms with Crippen LogP contribution in [0.4, 0.5) is 0 Å². The van der Waals surface area contributed by atoms with Crippen molar-refractivity contribution in [2.45, 2.75) is 20.8 Å². The number of fused-ring (bicyclic) bond motifs is 2. The average molecular weight is 501 g/mol. The van der Waals surface area contributed by atoms with Gasteiger partial charge in [0, 0.05) is 0 Å². The van der Waals surface area contributed by atoms with E-state index in [9.17, 15) is 0 Å². The zero-order valence-corrected chi connectivity index (χ0v) is 22.8. The molecule has 6 rings (SSSR count). The molecule has 0 unspecified atom stereocenters. The summed E-state index contributed by atoms with van der Waals surface area (Å²) in [4.78, 5) is 0. The third kappa shape index (κ3) is 4.82. The van der Waals surface area contributed by atoms with Crippen LogP contribution in [-0.2, 0) is 0 Å². The van der Waals surface area contributed by atoms with E-state index in [2.05, 4.69) is 160 Å². The van der Waals surface area contributed by atoms with Gasteiger partial charge in [0.2, 0.25) is 0 Å². The normalized spacial score (nSPS) is 12.0. The van der Waals surface area contributed by atoms with Crippen LogP contribution in [-0.4, -0.2) is 0 Å². The van der Waals surface area contributed by atoms with Crippen LogP contribution in [0.2, 0.25) is 0 Å². The molecule has 188 valence electrons. The van der Waals surface area contributed by atoms with Crippen LogP contribution in [0, 0.1) is 6.92 Å². The molecule has 6 aromatic carbocycles. The predicted octanol–water partition coefficient (Wildman–Crippen LogP) is 11.3. The summed E-state index contributed by atoms with van der Waals surface area (Å²) in [6.07, 6.45) is 6.61. The monoisotopic (exact) mass is 500 g/mol. The highest BCUT2D eigenvalue weighted by Gasteiger charge is 2.15. The highest BCUT2D eigenvalue weighted by atomic mass is 14.2. The zero-order chi connectivity index (χ0) is 26.8. The molecule has 0 aromatic heterocycles. The molecular weight excluding hydrogens is 468 g/mol. The Morgan fingerprint density at radius 1 is 0.564 bits per heavy atom. The summed E-state index contributed by atoms with van der Waals surface area (Å²) in [6.45, 7) is 6.41. The Morgan fingerprint density at radius 2 is 1.21 bits per heavy atom. The summed E-state index contributed by atoms with van der Waals surface area (Å²) < 4.78 is 0. The van der Waals surface area contributed by atoms with Crippen molar-refractivity contribution in [1.29, 1.82) is 0 Å². The van der Waals surface area contributed by atoms with Crippen molar-refractivity contribution in [2.24, 2.45) is 0 Å². The molecule has 0 saturated carbocycles. The molecule has 0 saturated heterocycles. The first-order chi connectivity index (χ1) is 19.1. The lowest BCUT2D eigenvalue weighted by Gasteiger charge is -2.18. The Balaban J connectivity index is 1.64. The van der Waals surface area contributed by atoms with Gasteiger partial charge in [0.25, 0.3) is 0 Å². The summed E-state index contributed by atoms with van der Waals surface area (Å²) >= 11 is 0. The van der Waals surface area contributed by atoms with Crippen LogP contribution in [0.1, 0.15) is 25.0 Å². The van der Waals surface area contributed by atoms with Crippen LogP contribution in [0.25, 0.3) is 61.0 Å². The van der Waals surface area contributed by atoms with E-state index in [1.165, 1.54) is 71.6 Å². The lowest BCUT2D eigenvalue weighted by molar-refractivity contribution is 1.47. The number of hydrogen-bond acceptors (Lipinski definition) is 0. The Morgan fingerprint density at radius 3 is 2.00 bits per heavy atom. The molecule has 0 N–H and O–H groups in total. The van der Waals surface area contributed by atoms with Crippen molar-refractivity contribution in [3.05, 3.63) is 150 Å². The van der Waals surface area contributed by atoms with Gasteiger partial charge in [-0.15, -0.1) is 0 Å². The summed E-state index contributed by atoms with van der Waals surface area (Å²) in [5, 5.41) is 5.08. The third-order valence-electron chi connectivity index (χ3n) is 7.47. The van der Waals surface area contributed by atoms with E-state index in [1.807, 2.05) is 0 Å². The first kappa shape index (κ1) is 24.6. The maximum atomic E-state index is 2.38. The standard InChI is InChI=1S/C39H32/c1-4-12-27(2)24-33-26-38(30-16-9-13-28(3)23-30)36-20-7-8-21-37(36)39(33)32-18-10-17-31(25-32)35-22-11-15-29-14-5-6-19-34(29)35/h4-26H,1-3H3/b12-4-,27-24-. The maximum absolute atomic E-state index is 2.38. The number of aryl methyl sites for hydroxylation is 1. The average Bonchev–Trinajstić information content (AvgIpc) is 2.96. The van der Waals surface area contributed by atoms with Gasteiger partial charge in [0.15, 0.2) is 0 Å². The van der Waals surface area contributed by atoms with E-state index >= 15 is 0 Å². The fourth-order valence-electron chi connectivity index (χ4n) is 5.76. The van der Waals surface area contributed by atoms with Gasteiger partial charge < -0.3 is 0 Å². The third-order valence-corrected chi connectivity index (χ3v) is 7.47. The van der Waals surface area contributed by atoms with E-state index in [-0.39, 0.29) is 0 Å². The second-order valence-corrected chi connectivity index (χ2v) is 10.3. The van der Waals surface area contributed by atoms with Crippen molar-refractivity contribution >= 4 is 27.6 Å². The van der Waals surface area contributed by atoms with Crippen LogP contribution >= 0.6 is 0 Å². The van der Waals surface area contributed by atoms with Gasteiger partial charge in [-0.25, -0.2) is 0 Å². The molecule has 0 spiro atoms. The van der Waals surface area contributed by atoms with Crippen LogP contribution in [0.3, 0.4) is 0 Å². The van der Waals surface area contributed by atoms with Crippen molar-refractivity contribution in [3.8, 4) is 33.4 Å². The van der Waals surface area contributed by atoms with Crippen molar-refractivity contribution in [3.63, 3.8) is 0 Å². The molecule has 0 radical (unpaired) electrons. The quantitative estimate of drug-likeness (QED) is 0.206. The van der Waals surface area contributed by atoms with Crippen molar-refractivity contribution in [2.75, 3.05) is 0 Å². The second-order valence-electron chi connectivity index (χ2n) is 10.3. The van der Waals surface area contributed by atoms with Gasteiger partial charge >= 0.3 is 0 Å². The largest absolute Gasteiger partial charge is 0.0874 e. The first-order valence-electron chi connectivity index (χ1n) is 13.6. The molecule has 0 bridgehead atoms. The van der Waals surface area contributed by atoms with Gasteiger partial charge in [0.1, 0.15) is 0 Å². The molecule has 0 amide bonds. The highest BCUT2D eigenvalue weighted by molar-refractivity contribution is 6.09. The van der Waals surface area contributed by atoms with E-state index in [0.717, 1.165) is 0 Å². The molecule has 39 heavy (non-hydrogen) atoms. The highest BCUT2D eigenvalue weighted by Crippen LogP contribution is 2.41. The maximum Gasteiger partial charge on any atom is -0.00321 e. The molecule has 0 nitrogen and oxygen atoms in total. The summed E-state index contributed by atoms with van der Waals surface area (Å²) in [5.74, 6) is 0. The van der Waals surface area contributed by atoms with Gasteiger partial charge in [-0.2, -0.15) is 0 Å². The minimum atomic E-state index is 1.23. The van der Waals surface area contributed by atoms with E-state index in [4.69, 9.17) is 0 Å². The molecule has 6 aromatic rings. The summed E-state index contributed by atoms with van der Waals surface area (Å²) in [5.41, 5.74) is 11.2.